The number of nitrogens with zero attached hydrogens (tertiary/aromatic N) is 3. The summed E-state index contributed by atoms with van der Waals surface area (Å²) in [6.07, 6.45) is 4.56. The number of likely N-dealkylation sites (N-methyl/N-ethyl adjacent to an activating group) is 1. The maximum atomic E-state index is 12.4. The van der Waals surface area contributed by atoms with Gasteiger partial charge in [-0.1, -0.05) is 0 Å². The molecule has 1 atom stereocenters. The van der Waals surface area contributed by atoms with E-state index in [0.717, 1.165) is 26.1 Å². The number of nitrogens with one attached hydrogen (secondary N) is 1. The molecule has 5 heteroatoms. The van der Waals surface area contributed by atoms with Crippen LogP contribution in [0.4, 0.5) is 5.82 Å². The molecule has 1 saturated heterocycles. The highest BCUT2D eigenvalue weighted by molar-refractivity contribution is 5.37. The third kappa shape index (κ3) is 2.41. The van der Waals surface area contributed by atoms with E-state index in [1.54, 1.807) is 17.0 Å². The molecule has 100 valence electrons. The lowest BCUT2D eigenvalue weighted by atomic mass is 10.2. The summed E-state index contributed by atoms with van der Waals surface area (Å²) in [5.41, 5.74) is 0.0150. The Labute approximate surface area is 108 Å². The van der Waals surface area contributed by atoms with Crippen molar-refractivity contribution in [3.05, 3.63) is 22.7 Å². The lowest BCUT2D eigenvalue weighted by molar-refractivity contribution is 0.562. The van der Waals surface area contributed by atoms with E-state index in [0.29, 0.717) is 11.9 Å². The van der Waals surface area contributed by atoms with E-state index in [4.69, 9.17) is 0 Å². The molecule has 5 nitrogen and oxygen atoms in total. The van der Waals surface area contributed by atoms with Gasteiger partial charge in [-0.2, -0.15) is 0 Å². The van der Waals surface area contributed by atoms with Gasteiger partial charge in [0.1, 0.15) is 0 Å². The Morgan fingerprint density at radius 2 is 2.39 bits per heavy atom. The SMILES string of the molecule is CCN(c1nccn(C(C)C)c1=O)C1CCNC1. The fourth-order valence-corrected chi connectivity index (χ4v) is 2.50. The van der Waals surface area contributed by atoms with E-state index in [-0.39, 0.29) is 11.6 Å². The number of rotatable bonds is 4. The Balaban J connectivity index is 2.36. The van der Waals surface area contributed by atoms with Crippen LogP contribution in [0.3, 0.4) is 0 Å². The molecule has 1 aromatic heterocycles. The summed E-state index contributed by atoms with van der Waals surface area (Å²) in [6.45, 7) is 8.87. The van der Waals surface area contributed by atoms with Crippen molar-refractivity contribution in [2.24, 2.45) is 0 Å². The summed E-state index contributed by atoms with van der Waals surface area (Å²) in [6, 6.07) is 0.554. The van der Waals surface area contributed by atoms with E-state index < -0.39 is 0 Å². The minimum absolute atomic E-state index is 0.0150. The first-order chi connectivity index (χ1) is 8.65. The first kappa shape index (κ1) is 13.1. The van der Waals surface area contributed by atoms with E-state index in [1.807, 2.05) is 13.8 Å². The highest BCUT2D eigenvalue weighted by Crippen LogP contribution is 2.14. The Morgan fingerprint density at radius 1 is 1.61 bits per heavy atom. The smallest absolute Gasteiger partial charge is 0.293 e. The molecule has 0 bridgehead atoms. The number of hydrogen-bond donors (Lipinski definition) is 1. The van der Waals surface area contributed by atoms with Crippen LogP contribution in [0, 0.1) is 0 Å². The molecule has 0 aromatic carbocycles. The van der Waals surface area contributed by atoms with E-state index in [2.05, 4.69) is 22.1 Å². The van der Waals surface area contributed by atoms with Crippen molar-refractivity contribution in [3.8, 4) is 0 Å². The molecule has 1 unspecified atom stereocenters. The second kappa shape index (κ2) is 5.52. The molecule has 1 aliphatic rings. The van der Waals surface area contributed by atoms with Gasteiger partial charge >= 0.3 is 0 Å². The van der Waals surface area contributed by atoms with Crippen LogP contribution in [0.1, 0.15) is 33.2 Å². The molecule has 1 fully saturated rings. The average Bonchev–Trinajstić information content (AvgIpc) is 2.85. The van der Waals surface area contributed by atoms with Gasteiger partial charge in [0.05, 0.1) is 0 Å². The van der Waals surface area contributed by atoms with Crippen molar-refractivity contribution in [2.75, 3.05) is 24.5 Å². The summed E-state index contributed by atoms with van der Waals surface area (Å²) in [5.74, 6) is 0.586. The number of hydrogen-bond acceptors (Lipinski definition) is 4. The minimum atomic E-state index is 0.0150. The maximum Gasteiger partial charge on any atom is 0.293 e. The molecule has 0 amide bonds. The molecule has 1 aliphatic heterocycles. The van der Waals surface area contributed by atoms with Gasteiger partial charge in [-0.25, -0.2) is 4.98 Å². The second-order valence-electron chi connectivity index (χ2n) is 4.99. The molecule has 1 aromatic rings. The van der Waals surface area contributed by atoms with Crippen molar-refractivity contribution in [1.82, 2.24) is 14.9 Å². The lowest BCUT2D eigenvalue weighted by Crippen LogP contribution is -2.42. The highest BCUT2D eigenvalue weighted by atomic mass is 16.1. The molecule has 1 N–H and O–H groups in total. The van der Waals surface area contributed by atoms with E-state index in [9.17, 15) is 4.79 Å². The normalized spacial score (nSPS) is 19.4. The molecule has 0 radical (unpaired) electrons. The predicted molar refractivity (Wildman–Crippen MR) is 73.2 cm³/mol. The quantitative estimate of drug-likeness (QED) is 0.866. The van der Waals surface area contributed by atoms with Gasteiger partial charge in [0.15, 0.2) is 5.82 Å². The van der Waals surface area contributed by atoms with Crippen LogP contribution in [-0.4, -0.2) is 35.2 Å². The van der Waals surface area contributed by atoms with Crippen molar-refractivity contribution < 1.29 is 0 Å². The van der Waals surface area contributed by atoms with Gasteiger partial charge in [0.2, 0.25) is 0 Å². The van der Waals surface area contributed by atoms with E-state index >= 15 is 0 Å². The summed E-state index contributed by atoms with van der Waals surface area (Å²) in [7, 11) is 0. The first-order valence-electron chi connectivity index (χ1n) is 6.69. The van der Waals surface area contributed by atoms with Gasteiger partial charge in [-0.15, -0.1) is 0 Å². The molecule has 18 heavy (non-hydrogen) atoms. The van der Waals surface area contributed by atoms with Crippen LogP contribution in [0.15, 0.2) is 17.2 Å². The molecular formula is C13H22N4O. The lowest BCUT2D eigenvalue weighted by Gasteiger charge is -2.28. The van der Waals surface area contributed by atoms with Crippen LogP contribution in [-0.2, 0) is 0 Å². The molecular weight excluding hydrogens is 228 g/mol. The topological polar surface area (TPSA) is 50.2 Å². The van der Waals surface area contributed by atoms with Crippen LogP contribution < -0.4 is 15.8 Å². The standard InChI is InChI=1S/C13H22N4O/c1-4-16(11-5-6-14-9-11)12-13(18)17(10(2)3)8-7-15-12/h7-8,10-11,14H,4-6,9H2,1-3H3. The van der Waals surface area contributed by atoms with Gasteiger partial charge in [-0.3, -0.25) is 4.79 Å². The number of anilines is 1. The molecule has 0 spiro atoms. The van der Waals surface area contributed by atoms with Crippen molar-refractivity contribution >= 4 is 5.82 Å². The van der Waals surface area contributed by atoms with Crippen molar-refractivity contribution in [2.45, 2.75) is 39.3 Å². The zero-order valence-electron chi connectivity index (χ0n) is 11.4. The Kier molecular flexibility index (Phi) is 4.01. The van der Waals surface area contributed by atoms with Gasteiger partial charge < -0.3 is 14.8 Å². The average molecular weight is 250 g/mol. The Morgan fingerprint density at radius 3 is 2.94 bits per heavy atom. The largest absolute Gasteiger partial charge is 0.348 e. The second-order valence-corrected chi connectivity index (χ2v) is 4.99. The van der Waals surface area contributed by atoms with Gasteiger partial charge in [0.25, 0.3) is 5.56 Å². The van der Waals surface area contributed by atoms with Crippen LogP contribution in [0.5, 0.6) is 0 Å². The first-order valence-corrected chi connectivity index (χ1v) is 6.69. The Bertz CT molecular complexity index is 449. The maximum absolute atomic E-state index is 12.4. The third-order valence-corrected chi connectivity index (χ3v) is 3.49. The number of aromatic nitrogens is 2. The molecule has 2 rings (SSSR count). The van der Waals surface area contributed by atoms with Crippen LogP contribution in [0.2, 0.25) is 0 Å². The minimum Gasteiger partial charge on any atom is -0.348 e. The Hall–Kier alpha value is -1.36. The predicted octanol–water partition coefficient (Wildman–Crippen LogP) is 1.01. The van der Waals surface area contributed by atoms with Crippen LogP contribution >= 0.6 is 0 Å². The molecule has 2 heterocycles. The fourth-order valence-electron chi connectivity index (χ4n) is 2.50. The molecule has 0 aliphatic carbocycles. The van der Waals surface area contributed by atoms with Crippen molar-refractivity contribution in [3.63, 3.8) is 0 Å². The van der Waals surface area contributed by atoms with Crippen LogP contribution in [0.25, 0.3) is 0 Å². The molecule has 0 saturated carbocycles. The summed E-state index contributed by atoms with van der Waals surface area (Å²) in [5, 5.41) is 3.34. The fraction of sp³-hybridized carbons (Fsp3) is 0.692. The monoisotopic (exact) mass is 250 g/mol. The summed E-state index contributed by atoms with van der Waals surface area (Å²) < 4.78 is 1.74. The van der Waals surface area contributed by atoms with Gasteiger partial charge in [-0.05, 0) is 33.7 Å². The van der Waals surface area contributed by atoms with Crippen molar-refractivity contribution in [1.29, 1.82) is 0 Å². The van der Waals surface area contributed by atoms with Gasteiger partial charge in [0, 0.05) is 37.6 Å². The summed E-state index contributed by atoms with van der Waals surface area (Å²) in [4.78, 5) is 18.8. The summed E-state index contributed by atoms with van der Waals surface area (Å²) >= 11 is 0. The zero-order chi connectivity index (χ0) is 13.1. The van der Waals surface area contributed by atoms with E-state index in [1.165, 1.54) is 0 Å². The third-order valence-electron chi connectivity index (χ3n) is 3.49. The highest BCUT2D eigenvalue weighted by Gasteiger charge is 2.24. The zero-order valence-corrected chi connectivity index (χ0v) is 11.4.